The number of alkyl halides is 1. The van der Waals surface area contributed by atoms with Crippen molar-refractivity contribution in [2.24, 2.45) is 0 Å². The molecule has 0 bridgehead atoms. The van der Waals surface area contributed by atoms with E-state index in [2.05, 4.69) is 15.0 Å². The van der Waals surface area contributed by atoms with Crippen molar-refractivity contribution in [2.45, 2.75) is 6.67 Å². The molecule has 0 saturated heterocycles. The number of rotatable bonds is 1. The zero-order valence-corrected chi connectivity index (χ0v) is 6.77. The molecule has 0 aromatic carbocycles. The van der Waals surface area contributed by atoms with Gasteiger partial charge in [-0.05, 0) is 6.07 Å². The summed E-state index contributed by atoms with van der Waals surface area (Å²) < 4.78 is 12.1. The molecule has 0 fully saturated rings. The third kappa shape index (κ3) is 1.04. The monoisotopic (exact) mass is 185 g/mol. The predicted molar refractivity (Wildman–Crippen MR) is 43.7 cm³/mol. The first-order chi connectivity index (χ1) is 5.81. The maximum Gasteiger partial charge on any atom is 0.163 e. The van der Waals surface area contributed by atoms with Gasteiger partial charge in [0.2, 0.25) is 0 Å². The molecule has 0 aliphatic heterocycles. The largest absolute Gasteiger partial charge is 0.346 e. The highest BCUT2D eigenvalue weighted by molar-refractivity contribution is 6.33. The van der Waals surface area contributed by atoms with Crippen LogP contribution in [-0.4, -0.2) is 15.0 Å². The van der Waals surface area contributed by atoms with Gasteiger partial charge in [0.05, 0.1) is 5.39 Å². The molecule has 0 atom stereocenters. The Kier molecular flexibility index (Phi) is 1.69. The summed E-state index contributed by atoms with van der Waals surface area (Å²) in [6, 6.07) is 1.75. The van der Waals surface area contributed by atoms with Gasteiger partial charge in [0.25, 0.3) is 0 Å². The molecule has 0 aliphatic rings. The third-order valence-corrected chi connectivity index (χ3v) is 1.82. The highest BCUT2D eigenvalue weighted by Gasteiger charge is 2.05. The predicted octanol–water partition coefficient (Wildman–Crippen LogP) is 2.08. The second-order valence-electron chi connectivity index (χ2n) is 2.30. The van der Waals surface area contributed by atoms with Gasteiger partial charge in [-0.2, -0.15) is 0 Å². The fourth-order valence-electron chi connectivity index (χ4n) is 1.01. The van der Waals surface area contributed by atoms with Crippen molar-refractivity contribution in [1.82, 2.24) is 15.0 Å². The van der Waals surface area contributed by atoms with Crippen molar-refractivity contribution < 1.29 is 4.39 Å². The molecule has 2 heterocycles. The van der Waals surface area contributed by atoms with E-state index in [0.29, 0.717) is 11.0 Å². The van der Waals surface area contributed by atoms with E-state index in [1.165, 1.54) is 0 Å². The van der Waals surface area contributed by atoms with E-state index in [-0.39, 0.29) is 11.0 Å². The van der Waals surface area contributed by atoms with Gasteiger partial charge in [-0.3, -0.25) is 0 Å². The van der Waals surface area contributed by atoms with Crippen LogP contribution in [0.4, 0.5) is 4.39 Å². The maximum atomic E-state index is 12.1. The van der Waals surface area contributed by atoms with E-state index >= 15 is 0 Å². The number of aromatic nitrogens is 3. The average molecular weight is 186 g/mol. The summed E-state index contributed by atoms with van der Waals surface area (Å²) in [5.41, 5.74) is 0.572. The molecule has 0 spiro atoms. The van der Waals surface area contributed by atoms with Crippen molar-refractivity contribution >= 4 is 22.6 Å². The summed E-state index contributed by atoms with van der Waals surface area (Å²) in [5, 5.41) is 1.00. The van der Waals surface area contributed by atoms with Crippen LogP contribution < -0.4 is 0 Å². The first-order valence-electron chi connectivity index (χ1n) is 3.36. The average Bonchev–Trinajstić information content (AvgIpc) is 2.52. The first-order valence-corrected chi connectivity index (χ1v) is 3.74. The fraction of sp³-hybridized carbons (Fsp3) is 0.143. The topological polar surface area (TPSA) is 41.6 Å². The van der Waals surface area contributed by atoms with Gasteiger partial charge < -0.3 is 4.98 Å². The molecule has 3 nitrogen and oxygen atoms in total. The van der Waals surface area contributed by atoms with Crippen LogP contribution in [-0.2, 0) is 6.67 Å². The van der Waals surface area contributed by atoms with Crippen molar-refractivity contribution in [2.75, 3.05) is 0 Å². The lowest BCUT2D eigenvalue weighted by atomic mass is 10.4. The molecule has 1 N–H and O–H groups in total. The molecule has 2 rings (SSSR count). The van der Waals surface area contributed by atoms with Gasteiger partial charge in [0.1, 0.15) is 17.5 Å². The van der Waals surface area contributed by atoms with E-state index in [1.54, 1.807) is 12.3 Å². The summed E-state index contributed by atoms with van der Waals surface area (Å²) in [5.74, 6) is 0.106. The first kappa shape index (κ1) is 7.49. The maximum absolute atomic E-state index is 12.1. The SMILES string of the molecule is FCc1nc(Cl)c2cc[nH]c2n1. The van der Waals surface area contributed by atoms with Gasteiger partial charge in [-0.1, -0.05) is 11.6 Å². The van der Waals surface area contributed by atoms with Crippen molar-refractivity contribution in [3.05, 3.63) is 23.2 Å². The van der Waals surface area contributed by atoms with Crippen molar-refractivity contribution in [3.63, 3.8) is 0 Å². The lowest BCUT2D eigenvalue weighted by molar-refractivity contribution is 0.466. The molecule has 0 aliphatic carbocycles. The molecular formula is C7H5ClFN3. The molecule has 0 unspecified atom stereocenters. The van der Waals surface area contributed by atoms with Crippen LogP contribution in [0.25, 0.3) is 11.0 Å². The molecule has 0 saturated carbocycles. The minimum Gasteiger partial charge on any atom is -0.346 e. The van der Waals surface area contributed by atoms with Crippen molar-refractivity contribution in [1.29, 1.82) is 0 Å². The summed E-state index contributed by atoms with van der Waals surface area (Å²) in [6.07, 6.45) is 1.69. The van der Waals surface area contributed by atoms with E-state index in [0.717, 1.165) is 0 Å². The fourth-order valence-corrected chi connectivity index (χ4v) is 1.26. The number of fused-ring (bicyclic) bond motifs is 1. The quantitative estimate of drug-likeness (QED) is 0.692. The number of aromatic amines is 1. The molecule has 12 heavy (non-hydrogen) atoms. The zero-order chi connectivity index (χ0) is 8.55. The van der Waals surface area contributed by atoms with Crippen LogP contribution in [0, 0.1) is 0 Å². The van der Waals surface area contributed by atoms with Crippen LogP contribution >= 0.6 is 11.6 Å². The minimum absolute atomic E-state index is 0.106. The Morgan fingerprint density at radius 2 is 2.33 bits per heavy atom. The number of hydrogen-bond acceptors (Lipinski definition) is 2. The molecule has 62 valence electrons. The summed E-state index contributed by atoms with van der Waals surface area (Å²) in [7, 11) is 0. The van der Waals surface area contributed by atoms with E-state index in [4.69, 9.17) is 11.6 Å². The number of halogens is 2. The van der Waals surface area contributed by atoms with Crippen molar-refractivity contribution in [3.8, 4) is 0 Å². The Morgan fingerprint density at radius 3 is 3.08 bits per heavy atom. The molecule has 5 heteroatoms. The highest BCUT2D eigenvalue weighted by Crippen LogP contribution is 2.18. The molecule has 2 aromatic rings. The molecule has 0 radical (unpaired) electrons. The number of nitrogens with one attached hydrogen (secondary N) is 1. The van der Waals surface area contributed by atoms with Gasteiger partial charge in [0, 0.05) is 6.20 Å². The normalized spacial score (nSPS) is 10.8. The zero-order valence-electron chi connectivity index (χ0n) is 6.01. The minimum atomic E-state index is -0.700. The van der Waals surface area contributed by atoms with Crippen LogP contribution in [0.15, 0.2) is 12.3 Å². The molecule has 0 amide bonds. The number of hydrogen-bond donors (Lipinski definition) is 1. The highest BCUT2D eigenvalue weighted by atomic mass is 35.5. The Labute approximate surface area is 72.6 Å². The molecule has 2 aromatic heterocycles. The smallest absolute Gasteiger partial charge is 0.163 e. The van der Waals surface area contributed by atoms with Gasteiger partial charge in [-0.25, -0.2) is 14.4 Å². The Morgan fingerprint density at radius 1 is 1.50 bits per heavy atom. The lowest BCUT2D eigenvalue weighted by Crippen LogP contribution is -1.92. The van der Waals surface area contributed by atoms with Crippen LogP contribution in [0.1, 0.15) is 5.82 Å². The van der Waals surface area contributed by atoms with Crippen LogP contribution in [0.5, 0.6) is 0 Å². The number of nitrogens with zero attached hydrogens (tertiary/aromatic N) is 2. The third-order valence-electron chi connectivity index (χ3n) is 1.54. The van der Waals surface area contributed by atoms with Crippen LogP contribution in [0.2, 0.25) is 5.15 Å². The second kappa shape index (κ2) is 2.71. The van der Waals surface area contributed by atoms with Gasteiger partial charge >= 0.3 is 0 Å². The summed E-state index contributed by atoms with van der Waals surface area (Å²) in [4.78, 5) is 10.5. The number of H-pyrrole nitrogens is 1. The van der Waals surface area contributed by atoms with E-state index in [9.17, 15) is 4.39 Å². The van der Waals surface area contributed by atoms with E-state index < -0.39 is 6.67 Å². The summed E-state index contributed by atoms with van der Waals surface area (Å²) in [6.45, 7) is -0.700. The summed E-state index contributed by atoms with van der Waals surface area (Å²) >= 11 is 5.74. The molecular weight excluding hydrogens is 181 g/mol. The lowest BCUT2D eigenvalue weighted by Gasteiger charge is -1.95. The van der Waals surface area contributed by atoms with Gasteiger partial charge in [0.15, 0.2) is 5.82 Å². The van der Waals surface area contributed by atoms with Crippen LogP contribution in [0.3, 0.4) is 0 Å². The second-order valence-corrected chi connectivity index (χ2v) is 2.66. The van der Waals surface area contributed by atoms with E-state index in [1.807, 2.05) is 0 Å². The Hall–Kier alpha value is -1.16. The Bertz CT molecular complexity index is 412. The van der Waals surface area contributed by atoms with Gasteiger partial charge in [-0.15, -0.1) is 0 Å². The Balaban J connectivity index is 2.75. The standard InChI is InChI=1S/C7H5ClFN3/c8-6-4-1-2-10-7(4)12-5(3-9)11-6/h1-2H,3H2,(H,10,11,12).